The molecule has 0 aromatic heterocycles. The Kier molecular flexibility index (Phi) is 7.22. The SMILES string of the molecule is C=Cc1ccc(C(=O)OCc2c(COC)cc(COC)cc2[N+](=O)[O-])cc1. The predicted octanol–water partition coefficient (Wildman–Crippen LogP) is 3.89. The standard InChI is InChI=1S/C20H21NO6/c1-4-14-5-7-16(8-6-14)20(22)27-13-18-17(12-26-3)9-15(11-25-2)10-19(18)21(23)24/h4-10H,1,11-13H2,2-3H3. The Balaban J connectivity index is 2.28. The van der Waals surface area contributed by atoms with E-state index in [9.17, 15) is 14.9 Å². The lowest BCUT2D eigenvalue weighted by molar-refractivity contribution is -0.386. The van der Waals surface area contributed by atoms with Crippen molar-refractivity contribution in [1.82, 2.24) is 0 Å². The van der Waals surface area contributed by atoms with Gasteiger partial charge in [-0.15, -0.1) is 0 Å². The second-order valence-electron chi connectivity index (χ2n) is 5.78. The molecule has 2 rings (SSSR count). The van der Waals surface area contributed by atoms with E-state index in [1.165, 1.54) is 20.3 Å². The van der Waals surface area contributed by atoms with E-state index in [1.54, 1.807) is 36.4 Å². The number of esters is 1. The van der Waals surface area contributed by atoms with Crippen molar-refractivity contribution in [1.29, 1.82) is 0 Å². The topological polar surface area (TPSA) is 87.9 Å². The van der Waals surface area contributed by atoms with Gasteiger partial charge in [-0.25, -0.2) is 4.79 Å². The van der Waals surface area contributed by atoms with E-state index in [1.807, 2.05) is 0 Å². The van der Waals surface area contributed by atoms with Crippen molar-refractivity contribution in [2.24, 2.45) is 0 Å². The van der Waals surface area contributed by atoms with Gasteiger partial charge < -0.3 is 14.2 Å². The number of hydrogen-bond donors (Lipinski definition) is 0. The molecule has 2 aromatic carbocycles. The molecule has 0 aliphatic carbocycles. The summed E-state index contributed by atoms with van der Waals surface area (Å²) < 4.78 is 15.5. The van der Waals surface area contributed by atoms with Gasteiger partial charge in [0.1, 0.15) is 6.61 Å². The first kappa shape index (κ1) is 20.3. The van der Waals surface area contributed by atoms with Crippen LogP contribution in [0.15, 0.2) is 43.0 Å². The van der Waals surface area contributed by atoms with Gasteiger partial charge in [-0.1, -0.05) is 30.9 Å². The van der Waals surface area contributed by atoms with Crippen molar-refractivity contribution in [3.05, 3.63) is 80.9 Å². The fraction of sp³-hybridized carbons (Fsp3) is 0.250. The zero-order valence-corrected chi connectivity index (χ0v) is 15.3. The molecule has 7 nitrogen and oxygen atoms in total. The molecular formula is C20H21NO6. The van der Waals surface area contributed by atoms with E-state index in [-0.39, 0.29) is 25.5 Å². The molecule has 0 N–H and O–H groups in total. The molecule has 0 unspecified atom stereocenters. The van der Waals surface area contributed by atoms with Crippen molar-refractivity contribution in [3.8, 4) is 0 Å². The summed E-state index contributed by atoms with van der Waals surface area (Å²) in [6.45, 7) is 3.80. The molecule has 0 radical (unpaired) electrons. The van der Waals surface area contributed by atoms with E-state index in [2.05, 4.69) is 6.58 Å². The lowest BCUT2D eigenvalue weighted by atomic mass is 10.0. The summed E-state index contributed by atoms with van der Waals surface area (Å²) in [5.74, 6) is -0.566. The zero-order chi connectivity index (χ0) is 19.8. The first-order valence-corrected chi connectivity index (χ1v) is 8.16. The van der Waals surface area contributed by atoms with Crippen LogP contribution in [0.1, 0.15) is 32.6 Å². The smallest absolute Gasteiger partial charge is 0.338 e. The van der Waals surface area contributed by atoms with Crippen LogP contribution in [0.4, 0.5) is 5.69 Å². The van der Waals surface area contributed by atoms with Gasteiger partial charge in [-0.05, 0) is 28.8 Å². The Bertz CT molecular complexity index is 829. The highest BCUT2D eigenvalue weighted by Gasteiger charge is 2.21. The molecule has 142 valence electrons. The minimum atomic E-state index is -0.566. The van der Waals surface area contributed by atoms with Crippen LogP contribution in [0.3, 0.4) is 0 Å². The van der Waals surface area contributed by atoms with Crippen molar-refractivity contribution < 1.29 is 23.9 Å². The number of hydrogen-bond acceptors (Lipinski definition) is 6. The summed E-state index contributed by atoms with van der Waals surface area (Å²) in [7, 11) is 3.00. The van der Waals surface area contributed by atoms with E-state index < -0.39 is 10.9 Å². The second-order valence-corrected chi connectivity index (χ2v) is 5.78. The monoisotopic (exact) mass is 371 g/mol. The van der Waals surface area contributed by atoms with Crippen LogP contribution < -0.4 is 0 Å². The maximum absolute atomic E-state index is 12.3. The Labute approximate surface area is 157 Å². The molecule has 0 heterocycles. The van der Waals surface area contributed by atoms with Crippen molar-refractivity contribution in [3.63, 3.8) is 0 Å². The van der Waals surface area contributed by atoms with Gasteiger partial charge in [0.05, 0.1) is 29.3 Å². The van der Waals surface area contributed by atoms with Crippen molar-refractivity contribution in [2.75, 3.05) is 14.2 Å². The average molecular weight is 371 g/mol. The molecule has 2 aromatic rings. The lowest BCUT2D eigenvalue weighted by Crippen LogP contribution is -2.10. The predicted molar refractivity (Wildman–Crippen MR) is 100 cm³/mol. The molecule has 0 fully saturated rings. The molecule has 7 heteroatoms. The summed E-state index contributed by atoms with van der Waals surface area (Å²) in [5.41, 5.74) is 2.62. The van der Waals surface area contributed by atoms with Crippen LogP contribution in [0.5, 0.6) is 0 Å². The number of methoxy groups -OCH3 is 2. The van der Waals surface area contributed by atoms with Crippen LogP contribution in [0.2, 0.25) is 0 Å². The minimum absolute atomic E-state index is 0.133. The van der Waals surface area contributed by atoms with Gasteiger partial charge in [0.25, 0.3) is 5.69 Å². The largest absolute Gasteiger partial charge is 0.457 e. The molecule has 27 heavy (non-hydrogen) atoms. The number of nitro benzene ring substituents is 1. The molecule has 0 spiro atoms. The van der Waals surface area contributed by atoms with Gasteiger partial charge in [0, 0.05) is 20.3 Å². The van der Waals surface area contributed by atoms with Crippen LogP contribution in [0, 0.1) is 10.1 Å². The van der Waals surface area contributed by atoms with Crippen LogP contribution in [0.25, 0.3) is 6.08 Å². The van der Waals surface area contributed by atoms with E-state index in [4.69, 9.17) is 14.2 Å². The van der Waals surface area contributed by atoms with Crippen molar-refractivity contribution in [2.45, 2.75) is 19.8 Å². The van der Waals surface area contributed by atoms with E-state index in [0.29, 0.717) is 22.3 Å². The molecule has 0 atom stereocenters. The average Bonchev–Trinajstić information content (AvgIpc) is 2.67. The number of ether oxygens (including phenoxy) is 3. The quantitative estimate of drug-likeness (QED) is 0.377. The molecule has 0 saturated heterocycles. The van der Waals surface area contributed by atoms with Crippen LogP contribution in [-0.4, -0.2) is 25.1 Å². The van der Waals surface area contributed by atoms with Crippen LogP contribution in [-0.2, 0) is 34.0 Å². The molecular weight excluding hydrogens is 350 g/mol. The second kappa shape index (κ2) is 9.61. The van der Waals surface area contributed by atoms with Gasteiger partial charge in [0.15, 0.2) is 0 Å². The fourth-order valence-electron chi connectivity index (χ4n) is 2.62. The maximum Gasteiger partial charge on any atom is 0.338 e. The van der Waals surface area contributed by atoms with Crippen molar-refractivity contribution >= 4 is 17.7 Å². The number of benzene rings is 2. The minimum Gasteiger partial charge on any atom is -0.457 e. The molecule has 0 amide bonds. The third-order valence-corrected chi connectivity index (χ3v) is 3.92. The molecule has 0 bridgehead atoms. The van der Waals surface area contributed by atoms with E-state index >= 15 is 0 Å². The number of nitro groups is 1. The fourth-order valence-corrected chi connectivity index (χ4v) is 2.62. The highest BCUT2D eigenvalue weighted by Crippen LogP contribution is 2.27. The maximum atomic E-state index is 12.3. The third kappa shape index (κ3) is 5.22. The first-order valence-electron chi connectivity index (χ1n) is 8.16. The normalized spacial score (nSPS) is 10.4. The van der Waals surface area contributed by atoms with Gasteiger partial charge in [0.2, 0.25) is 0 Å². The number of nitrogens with zero attached hydrogens (tertiary/aromatic N) is 1. The first-order chi connectivity index (χ1) is 13.0. The number of carbonyl (C=O) groups excluding carboxylic acids is 1. The van der Waals surface area contributed by atoms with Gasteiger partial charge in [-0.2, -0.15) is 0 Å². The summed E-state index contributed by atoms with van der Waals surface area (Å²) in [6.07, 6.45) is 1.66. The molecule has 0 aliphatic heterocycles. The number of rotatable bonds is 9. The highest BCUT2D eigenvalue weighted by atomic mass is 16.6. The Hall–Kier alpha value is -3.03. The number of carbonyl (C=O) groups is 1. The van der Waals surface area contributed by atoms with Crippen LogP contribution >= 0.6 is 0 Å². The van der Waals surface area contributed by atoms with Gasteiger partial charge in [-0.3, -0.25) is 10.1 Å². The summed E-state index contributed by atoms with van der Waals surface area (Å²) >= 11 is 0. The lowest BCUT2D eigenvalue weighted by Gasteiger charge is -2.13. The molecule has 0 saturated carbocycles. The third-order valence-electron chi connectivity index (χ3n) is 3.92. The zero-order valence-electron chi connectivity index (χ0n) is 15.3. The Morgan fingerprint density at radius 2 is 1.78 bits per heavy atom. The Morgan fingerprint density at radius 1 is 1.11 bits per heavy atom. The summed E-state index contributed by atoms with van der Waals surface area (Å²) in [6, 6.07) is 9.88. The molecule has 0 aliphatic rings. The summed E-state index contributed by atoms with van der Waals surface area (Å²) in [4.78, 5) is 23.3. The highest BCUT2D eigenvalue weighted by molar-refractivity contribution is 5.89. The van der Waals surface area contributed by atoms with Gasteiger partial charge >= 0.3 is 5.97 Å². The Morgan fingerprint density at radius 3 is 2.33 bits per heavy atom. The summed E-state index contributed by atoms with van der Waals surface area (Å²) in [5, 5.41) is 11.5. The van der Waals surface area contributed by atoms with E-state index in [0.717, 1.165) is 5.56 Å².